The molecule has 0 saturated carbocycles. The number of ether oxygens (including phenoxy) is 1. The topological polar surface area (TPSA) is 9.23 Å². The first kappa shape index (κ1) is 20.5. The van der Waals surface area contributed by atoms with Crippen LogP contribution in [0.2, 0.25) is 0 Å². The predicted octanol–water partition coefficient (Wildman–Crippen LogP) is 7.54. The largest absolute Gasteiger partial charge is 0.435 e. The van der Waals surface area contributed by atoms with E-state index >= 15 is 4.39 Å². The van der Waals surface area contributed by atoms with Crippen molar-refractivity contribution in [3.8, 4) is 28.0 Å². The molecule has 0 atom stereocenters. The Balaban J connectivity index is 1.66. The van der Waals surface area contributed by atoms with Crippen molar-refractivity contribution in [1.82, 2.24) is 0 Å². The van der Waals surface area contributed by atoms with Gasteiger partial charge in [0, 0.05) is 12.0 Å². The van der Waals surface area contributed by atoms with E-state index in [-0.39, 0.29) is 16.9 Å². The summed E-state index contributed by atoms with van der Waals surface area (Å²) in [5.41, 5.74) is 4.29. The van der Waals surface area contributed by atoms with Crippen LogP contribution in [0, 0.1) is 11.6 Å². The minimum absolute atomic E-state index is 0.0567. The summed E-state index contributed by atoms with van der Waals surface area (Å²) in [7, 11) is 0. The van der Waals surface area contributed by atoms with Crippen molar-refractivity contribution < 1.29 is 22.3 Å². The average Bonchev–Trinajstić information content (AvgIpc) is 3.07. The number of alkyl halides is 2. The van der Waals surface area contributed by atoms with Gasteiger partial charge in [0.15, 0.2) is 0 Å². The minimum Gasteiger partial charge on any atom is -0.435 e. The first-order valence-electron chi connectivity index (χ1n) is 10.2. The summed E-state index contributed by atoms with van der Waals surface area (Å²) in [5, 5.41) is 0. The van der Waals surface area contributed by atoms with E-state index in [9.17, 15) is 13.2 Å². The zero-order chi connectivity index (χ0) is 21.3. The average molecular weight is 414 g/mol. The lowest BCUT2D eigenvalue weighted by molar-refractivity contribution is -0.0498. The maximum absolute atomic E-state index is 15.4. The lowest BCUT2D eigenvalue weighted by atomic mass is 9.97. The van der Waals surface area contributed by atoms with Crippen LogP contribution in [-0.4, -0.2) is 6.61 Å². The van der Waals surface area contributed by atoms with Crippen LogP contribution in [0.4, 0.5) is 17.6 Å². The lowest BCUT2D eigenvalue weighted by Crippen LogP contribution is -2.02. The van der Waals surface area contributed by atoms with E-state index in [4.69, 9.17) is 0 Å². The molecule has 0 aliphatic heterocycles. The molecule has 0 N–H and O–H groups in total. The highest BCUT2D eigenvalue weighted by Gasteiger charge is 2.27. The molecule has 4 rings (SSSR count). The number of rotatable bonds is 7. The molecule has 156 valence electrons. The van der Waals surface area contributed by atoms with Crippen LogP contribution in [0.15, 0.2) is 48.5 Å². The number of halogens is 4. The molecule has 3 aromatic carbocycles. The third kappa shape index (κ3) is 3.93. The zero-order valence-electron chi connectivity index (χ0n) is 16.7. The SMILES string of the molecule is CCCCCc1ccc2c(c1)Cc1c-2cc(F)c(-c2ccc(OC(F)F)cc2)c1F. The summed E-state index contributed by atoms with van der Waals surface area (Å²) in [6, 6.07) is 12.8. The fourth-order valence-electron chi connectivity index (χ4n) is 4.12. The molecule has 0 unspecified atom stereocenters. The van der Waals surface area contributed by atoms with Crippen molar-refractivity contribution in [2.75, 3.05) is 0 Å². The zero-order valence-corrected chi connectivity index (χ0v) is 16.7. The van der Waals surface area contributed by atoms with Crippen molar-refractivity contribution in [2.45, 2.75) is 45.6 Å². The second-order valence-corrected chi connectivity index (χ2v) is 7.60. The normalized spacial score (nSPS) is 12.2. The van der Waals surface area contributed by atoms with Gasteiger partial charge < -0.3 is 4.74 Å². The molecule has 0 fully saturated rings. The van der Waals surface area contributed by atoms with E-state index in [0.29, 0.717) is 17.5 Å². The van der Waals surface area contributed by atoms with Gasteiger partial charge in [-0.3, -0.25) is 0 Å². The molecule has 1 aliphatic carbocycles. The van der Waals surface area contributed by atoms with Crippen LogP contribution in [0.5, 0.6) is 5.75 Å². The standard InChI is InChI=1S/C25H22F4O/c1-2-3-4-5-15-6-11-19-17(12-15)13-21-20(19)14-22(26)23(24(21)27)16-7-9-18(10-8-16)30-25(28)29/h6-12,14,25H,2-5,13H2,1H3. The molecular weight excluding hydrogens is 392 g/mol. The first-order chi connectivity index (χ1) is 14.5. The second kappa shape index (κ2) is 8.50. The Labute approximate surface area is 173 Å². The molecular formula is C25H22F4O. The maximum atomic E-state index is 15.4. The van der Waals surface area contributed by atoms with Crippen LogP contribution in [0.1, 0.15) is 42.9 Å². The van der Waals surface area contributed by atoms with Crippen molar-refractivity contribution in [3.63, 3.8) is 0 Å². The Morgan fingerprint density at radius 2 is 1.70 bits per heavy atom. The number of unbranched alkanes of at least 4 members (excludes halogenated alkanes) is 2. The Bertz CT molecular complexity index is 1060. The van der Waals surface area contributed by atoms with E-state index in [1.54, 1.807) is 0 Å². The molecule has 5 heteroatoms. The Hall–Kier alpha value is -2.82. The Kier molecular flexibility index (Phi) is 5.80. The molecule has 0 radical (unpaired) electrons. The van der Waals surface area contributed by atoms with Gasteiger partial charge in [-0.1, -0.05) is 50.1 Å². The molecule has 3 aromatic rings. The number of hydrogen-bond donors (Lipinski definition) is 0. The van der Waals surface area contributed by atoms with E-state index in [1.807, 2.05) is 12.1 Å². The van der Waals surface area contributed by atoms with Crippen molar-refractivity contribution in [1.29, 1.82) is 0 Å². The molecule has 0 amide bonds. The van der Waals surface area contributed by atoms with Crippen LogP contribution < -0.4 is 4.74 Å². The lowest BCUT2D eigenvalue weighted by Gasteiger charge is -2.11. The molecule has 1 aliphatic rings. The number of fused-ring (bicyclic) bond motifs is 3. The van der Waals surface area contributed by atoms with Crippen molar-refractivity contribution in [3.05, 3.63) is 76.9 Å². The summed E-state index contributed by atoms with van der Waals surface area (Å²) in [4.78, 5) is 0. The smallest absolute Gasteiger partial charge is 0.387 e. The Morgan fingerprint density at radius 1 is 0.933 bits per heavy atom. The third-order valence-corrected chi connectivity index (χ3v) is 5.58. The molecule has 0 saturated heterocycles. The van der Waals surface area contributed by atoms with Gasteiger partial charge in [-0.05, 0) is 58.9 Å². The van der Waals surface area contributed by atoms with Crippen molar-refractivity contribution >= 4 is 0 Å². The monoisotopic (exact) mass is 414 g/mol. The van der Waals surface area contributed by atoms with Gasteiger partial charge >= 0.3 is 6.61 Å². The van der Waals surface area contributed by atoms with Crippen LogP contribution in [0.3, 0.4) is 0 Å². The molecule has 0 bridgehead atoms. The van der Waals surface area contributed by atoms with Gasteiger partial charge in [0.1, 0.15) is 17.4 Å². The fraction of sp³-hybridized carbons (Fsp3) is 0.280. The van der Waals surface area contributed by atoms with E-state index < -0.39 is 18.2 Å². The van der Waals surface area contributed by atoms with Gasteiger partial charge in [0.2, 0.25) is 0 Å². The number of benzene rings is 3. The predicted molar refractivity (Wildman–Crippen MR) is 110 cm³/mol. The molecule has 0 aromatic heterocycles. The van der Waals surface area contributed by atoms with E-state index in [0.717, 1.165) is 30.4 Å². The third-order valence-electron chi connectivity index (χ3n) is 5.58. The van der Waals surface area contributed by atoms with Crippen molar-refractivity contribution in [2.24, 2.45) is 0 Å². The van der Waals surface area contributed by atoms with Crippen LogP contribution in [0.25, 0.3) is 22.3 Å². The molecule has 30 heavy (non-hydrogen) atoms. The minimum atomic E-state index is -2.95. The highest BCUT2D eigenvalue weighted by atomic mass is 19.3. The van der Waals surface area contributed by atoms with Gasteiger partial charge in [-0.15, -0.1) is 0 Å². The summed E-state index contributed by atoms with van der Waals surface area (Å²) < 4.78 is 59.2. The quantitative estimate of drug-likeness (QED) is 0.224. The highest BCUT2D eigenvalue weighted by Crippen LogP contribution is 2.42. The second-order valence-electron chi connectivity index (χ2n) is 7.60. The summed E-state index contributed by atoms with van der Waals surface area (Å²) in [6.45, 7) is -0.789. The summed E-state index contributed by atoms with van der Waals surface area (Å²) >= 11 is 0. The van der Waals surface area contributed by atoms with Gasteiger partial charge in [0.25, 0.3) is 0 Å². The van der Waals surface area contributed by atoms with Gasteiger partial charge in [0.05, 0.1) is 5.56 Å². The highest BCUT2D eigenvalue weighted by molar-refractivity contribution is 5.81. The fourth-order valence-corrected chi connectivity index (χ4v) is 4.12. The maximum Gasteiger partial charge on any atom is 0.387 e. The summed E-state index contributed by atoms with van der Waals surface area (Å²) in [5.74, 6) is -1.33. The van der Waals surface area contributed by atoms with Gasteiger partial charge in [-0.25, -0.2) is 8.78 Å². The van der Waals surface area contributed by atoms with Crippen LogP contribution in [-0.2, 0) is 12.8 Å². The van der Waals surface area contributed by atoms with Crippen LogP contribution >= 0.6 is 0 Å². The Morgan fingerprint density at radius 3 is 2.40 bits per heavy atom. The molecule has 0 heterocycles. The first-order valence-corrected chi connectivity index (χ1v) is 10.2. The van der Waals surface area contributed by atoms with E-state index in [2.05, 4.69) is 17.7 Å². The summed E-state index contributed by atoms with van der Waals surface area (Å²) in [6.07, 6.45) is 4.83. The number of hydrogen-bond acceptors (Lipinski definition) is 1. The van der Waals surface area contributed by atoms with E-state index in [1.165, 1.54) is 42.3 Å². The molecule has 0 spiro atoms. The van der Waals surface area contributed by atoms with Gasteiger partial charge in [-0.2, -0.15) is 8.78 Å². The molecule has 1 nitrogen and oxygen atoms in total. The number of aryl methyl sites for hydroxylation is 1.